The number of methoxy groups -OCH3 is 2. The maximum Gasteiger partial charge on any atom is 0.341 e. The molecule has 1 amide bonds. The van der Waals surface area contributed by atoms with Crippen LogP contribution in [0.25, 0.3) is 0 Å². The van der Waals surface area contributed by atoms with E-state index < -0.39 is 27.9 Å². The molecule has 1 aliphatic heterocycles. The van der Waals surface area contributed by atoms with Gasteiger partial charge in [0.2, 0.25) is 5.91 Å². The first-order chi connectivity index (χ1) is 14.3. The van der Waals surface area contributed by atoms with E-state index in [9.17, 15) is 18.0 Å². The smallest absolute Gasteiger partial charge is 0.341 e. The minimum Gasteiger partial charge on any atom is -0.496 e. The Morgan fingerprint density at radius 3 is 2.60 bits per heavy atom. The molecule has 158 valence electrons. The zero-order chi connectivity index (χ0) is 21.9. The third kappa shape index (κ3) is 4.28. The normalized spacial score (nSPS) is 16.3. The molecule has 30 heavy (non-hydrogen) atoms. The van der Waals surface area contributed by atoms with Gasteiger partial charge in [-0.15, -0.1) is 0 Å². The predicted molar refractivity (Wildman–Crippen MR) is 109 cm³/mol. The van der Waals surface area contributed by atoms with Crippen molar-refractivity contribution in [2.24, 2.45) is 4.99 Å². The van der Waals surface area contributed by atoms with Gasteiger partial charge in [0, 0.05) is 12.1 Å². The van der Waals surface area contributed by atoms with E-state index in [-0.39, 0.29) is 22.8 Å². The van der Waals surface area contributed by atoms with Gasteiger partial charge in [-0.1, -0.05) is 18.2 Å². The van der Waals surface area contributed by atoms with E-state index in [1.807, 2.05) is 0 Å². The second-order valence-corrected chi connectivity index (χ2v) is 8.15. The van der Waals surface area contributed by atoms with Crippen LogP contribution in [0.3, 0.4) is 0 Å². The summed E-state index contributed by atoms with van der Waals surface area (Å²) in [6.45, 7) is 1.70. The highest BCUT2D eigenvalue weighted by Gasteiger charge is 2.31. The first kappa shape index (κ1) is 21.3. The molecule has 0 radical (unpaired) electrons. The summed E-state index contributed by atoms with van der Waals surface area (Å²) < 4.78 is 36.6. The molecule has 2 aromatic rings. The monoisotopic (exact) mass is 431 g/mol. The Bertz CT molecular complexity index is 1130. The number of rotatable bonds is 6. The summed E-state index contributed by atoms with van der Waals surface area (Å²) in [7, 11) is -0.957. The molecule has 1 atom stereocenters. The number of nitrogens with one attached hydrogen (secondary N) is 2. The molecule has 3 rings (SSSR count). The maximum absolute atomic E-state index is 12.5. The molecule has 0 aliphatic carbocycles. The van der Waals surface area contributed by atoms with Crippen LogP contribution in [0.1, 0.15) is 28.4 Å². The number of aliphatic imine (C=N–C) groups is 1. The molecule has 9 nitrogen and oxygen atoms in total. The SMILES string of the molecule is COC(=O)c1cc(CNC(=O)[C@H](C)N=C2NS(=O)(=O)c3ccccc32)ccc1OC. The van der Waals surface area contributed by atoms with Crippen LogP contribution in [0.5, 0.6) is 5.75 Å². The molecule has 0 unspecified atom stereocenters. The third-order valence-corrected chi connectivity index (χ3v) is 5.90. The fraction of sp³-hybridized carbons (Fsp3) is 0.250. The van der Waals surface area contributed by atoms with Crippen molar-refractivity contribution in [3.05, 3.63) is 59.2 Å². The van der Waals surface area contributed by atoms with Crippen molar-refractivity contribution < 1.29 is 27.5 Å². The molecular weight excluding hydrogens is 410 g/mol. The van der Waals surface area contributed by atoms with Crippen LogP contribution in [0.4, 0.5) is 0 Å². The van der Waals surface area contributed by atoms with Crippen molar-refractivity contribution >= 4 is 27.7 Å². The molecule has 0 aromatic heterocycles. The van der Waals surface area contributed by atoms with Crippen LogP contribution in [-0.4, -0.2) is 46.4 Å². The first-order valence-electron chi connectivity index (χ1n) is 8.99. The van der Waals surface area contributed by atoms with Crippen LogP contribution in [0.15, 0.2) is 52.4 Å². The quantitative estimate of drug-likeness (QED) is 0.663. The summed E-state index contributed by atoms with van der Waals surface area (Å²) in [6, 6.07) is 10.5. The maximum atomic E-state index is 12.5. The number of hydrogen-bond acceptors (Lipinski definition) is 7. The van der Waals surface area contributed by atoms with Gasteiger partial charge in [0.05, 0.1) is 19.1 Å². The van der Waals surface area contributed by atoms with Crippen molar-refractivity contribution in [2.75, 3.05) is 14.2 Å². The summed E-state index contributed by atoms with van der Waals surface area (Å²) in [5.74, 6) is -0.456. The van der Waals surface area contributed by atoms with Crippen molar-refractivity contribution in [2.45, 2.75) is 24.4 Å². The predicted octanol–water partition coefficient (Wildman–Crippen LogP) is 1.23. The number of benzene rings is 2. The standard InChI is InChI=1S/C20H21N3O6S/c1-12(22-18-14-6-4-5-7-17(14)30(26,27)23-18)19(24)21-11-13-8-9-16(28-2)15(10-13)20(25)29-3/h4-10,12H,11H2,1-3H3,(H,21,24)(H,22,23)/t12-/m0/s1. The van der Waals surface area contributed by atoms with Crippen molar-refractivity contribution in [1.29, 1.82) is 0 Å². The Hall–Kier alpha value is -3.40. The third-order valence-electron chi connectivity index (χ3n) is 4.50. The minimum atomic E-state index is -3.67. The lowest BCUT2D eigenvalue weighted by molar-refractivity contribution is -0.122. The molecule has 0 bridgehead atoms. The molecular formula is C20H21N3O6S. The zero-order valence-corrected chi connectivity index (χ0v) is 17.4. The fourth-order valence-corrected chi connectivity index (χ4v) is 4.19. The largest absolute Gasteiger partial charge is 0.496 e. The molecule has 0 spiro atoms. The molecule has 2 aromatic carbocycles. The topological polar surface area (TPSA) is 123 Å². The highest BCUT2D eigenvalue weighted by Crippen LogP contribution is 2.23. The Kier molecular flexibility index (Phi) is 6.06. The lowest BCUT2D eigenvalue weighted by Crippen LogP contribution is -2.33. The van der Waals surface area contributed by atoms with Crippen LogP contribution in [0.2, 0.25) is 0 Å². The highest BCUT2D eigenvalue weighted by atomic mass is 32.2. The highest BCUT2D eigenvalue weighted by molar-refractivity contribution is 7.90. The van der Waals surface area contributed by atoms with Gasteiger partial charge >= 0.3 is 5.97 Å². The molecule has 2 N–H and O–H groups in total. The van der Waals surface area contributed by atoms with Gasteiger partial charge in [-0.25, -0.2) is 13.2 Å². The second kappa shape index (κ2) is 8.54. The number of esters is 1. The van der Waals surface area contributed by atoms with E-state index >= 15 is 0 Å². The summed E-state index contributed by atoms with van der Waals surface area (Å²) in [4.78, 5) is 28.7. The Morgan fingerprint density at radius 2 is 1.90 bits per heavy atom. The number of carbonyl (C=O) groups excluding carboxylic acids is 2. The Balaban J connectivity index is 1.72. The lowest BCUT2D eigenvalue weighted by atomic mass is 10.1. The lowest BCUT2D eigenvalue weighted by Gasteiger charge is -2.12. The number of fused-ring (bicyclic) bond motifs is 1. The molecule has 1 heterocycles. The van der Waals surface area contributed by atoms with Crippen molar-refractivity contribution in [3.8, 4) is 5.75 Å². The summed E-state index contributed by atoms with van der Waals surface area (Å²) in [6.07, 6.45) is 0. The van der Waals surface area contributed by atoms with E-state index in [2.05, 4.69) is 15.0 Å². The van der Waals surface area contributed by atoms with E-state index in [0.717, 1.165) is 0 Å². The fourth-order valence-electron chi connectivity index (χ4n) is 2.95. The number of ether oxygens (including phenoxy) is 2. The minimum absolute atomic E-state index is 0.130. The number of amides is 1. The first-order valence-corrected chi connectivity index (χ1v) is 10.5. The number of amidine groups is 1. The zero-order valence-electron chi connectivity index (χ0n) is 16.6. The van der Waals surface area contributed by atoms with Crippen LogP contribution in [0, 0.1) is 0 Å². The number of nitrogens with zero attached hydrogens (tertiary/aromatic N) is 1. The van der Waals surface area contributed by atoms with Gasteiger partial charge in [-0.3, -0.25) is 14.5 Å². The average molecular weight is 431 g/mol. The van der Waals surface area contributed by atoms with E-state index in [1.165, 1.54) is 20.3 Å². The molecule has 1 aliphatic rings. The van der Waals surface area contributed by atoms with Crippen LogP contribution >= 0.6 is 0 Å². The number of carbonyl (C=O) groups is 2. The Labute approximate surface area is 174 Å². The van der Waals surface area contributed by atoms with Gasteiger partial charge < -0.3 is 14.8 Å². The van der Waals surface area contributed by atoms with Crippen LogP contribution < -0.4 is 14.8 Å². The number of hydrogen-bond donors (Lipinski definition) is 2. The number of sulfonamides is 1. The van der Waals surface area contributed by atoms with E-state index in [1.54, 1.807) is 43.3 Å². The van der Waals surface area contributed by atoms with Gasteiger partial charge in [0.15, 0.2) is 0 Å². The van der Waals surface area contributed by atoms with Crippen molar-refractivity contribution in [3.63, 3.8) is 0 Å². The molecule has 0 saturated heterocycles. The average Bonchev–Trinajstić information content (AvgIpc) is 3.01. The molecule has 0 fully saturated rings. The summed E-state index contributed by atoms with van der Waals surface area (Å²) >= 11 is 0. The second-order valence-electron chi connectivity index (χ2n) is 6.50. The van der Waals surface area contributed by atoms with Gasteiger partial charge in [-0.2, -0.15) is 0 Å². The van der Waals surface area contributed by atoms with E-state index in [0.29, 0.717) is 16.9 Å². The summed E-state index contributed by atoms with van der Waals surface area (Å²) in [5.41, 5.74) is 1.34. The van der Waals surface area contributed by atoms with Gasteiger partial charge in [-0.05, 0) is 36.8 Å². The summed E-state index contributed by atoms with van der Waals surface area (Å²) in [5, 5.41) is 2.72. The molecule has 0 saturated carbocycles. The van der Waals surface area contributed by atoms with Crippen molar-refractivity contribution in [1.82, 2.24) is 10.0 Å². The van der Waals surface area contributed by atoms with E-state index in [4.69, 9.17) is 9.47 Å². The molecule has 10 heteroatoms. The van der Waals surface area contributed by atoms with Gasteiger partial charge in [0.1, 0.15) is 23.2 Å². The Morgan fingerprint density at radius 1 is 1.17 bits per heavy atom. The van der Waals surface area contributed by atoms with Crippen LogP contribution in [-0.2, 0) is 26.1 Å². The van der Waals surface area contributed by atoms with Gasteiger partial charge in [0.25, 0.3) is 10.0 Å².